The number of aliphatic hydroxyl groups excluding tert-OH is 1. The van der Waals surface area contributed by atoms with Crippen molar-refractivity contribution in [1.82, 2.24) is 29.0 Å². The van der Waals surface area contributed by atoms with Crippen LogP contribution in [0.2, 0.25) is 5.02 Å². The molecule has 2 fully saturated rings. The van der Waals surface area contributed by atoms with Crippen LogP contribution in [0.1, 0.15) is 29.4 Å². The molecule has 3 aromatic rings. The highest BCUT2D eigenvalue weighted by Crippen LogP contribution is 2.41. The number of carbonyl (C=O) groups is 1. The van der Waals surface area contributed by atoms with Crippen molar-refractivity contribution >= 4 is 23.2 Å². The molecule has 0 unspecified atom stereocenters. The Morgan fingerprint density at radius 2 is 2.00 bits per heavy atom. The number of likely N-dealkylation sites (tertiary alicyclic amines) is 1. The zero-order chi connectivity index (χ0) is 18.5. The molecule has 1 amide bonds. The van der Waals surface area contributed by atoms with Gasteiger partial charge < -0.3 is 14.4 Å². The van der Waals surface area contributed by atoms with Crippen molar-refractivity contribution in [2.75, 3.05) is 13.1 Å². The van der Waals surface area contributed by atoms with E-state index in [2.05, 4.69) is 15.1 Å². The Balaban J connectivity index is 1.34. The van der Waals surface area contributed by atoms with Crippen molar-refractivity contribution in [2.45, 2.75) is 25.0 Å². The summed E-state index contributed by atoms with van der Waals surface area (Å²) in [5.41, 5.74) is 1.12. The quantitative estimate of drug-likeness (QED) is 0.723. The predicted molar refractivity (Wildman–Crippen MR) is 97.4 cm³/mol. The number of imidazole rings is 1. The molecule has 1 saturated carbocycles. The van der Waals surface area contributed by atoms with Gasteiger partial charge in [-0.15, -0.1) is 0 Å². The molecule has 1 aliphatic heterocycles. The smallest absolute Gasteiger partial charge is 0.274 e. The lowest BCUT2D eigenvalue weighted by Gasteiger charge is -2.34. The van der Waals surface area contributed by atoms with Gasteiger partial charge in [-0.1, -0.05) is 11.6 Å². The van der Waals surface area contributed by atoms with Crippen molar-refractivity contribution in [2.24, 2.45) is 11.8 Å². The second-order valence-corrected chi connectivity index (χ2v) is 7.89. The van der Waals surface area contributed by atoms with E-state index in [1.165, 1.54) is 6.33 Å². The summed E-state index contributed by atoms with van der Waals surface area (Å²) < 4.78 is 3.50. The topological polar surface area (TPSA) is 88.6 Å². The maximum absolute atomic E-state index is 13.0. The van der Waals surface area contributed by atoms with Gasteiger partial charge in [0.05, 0.1) is 17.2 Å². The third-order valence-corrected chi connectivity index (χ3v) is 6.03. The molecule has 1 N–H and O–H groups in total. The second-order valence-electron chi connectivity index (χ2n) is 7.45. The van der Waals surface area contributed by atoms with E-state index in [1.807, 2.05) is 4.90 Å². The lowest BCUT2D eigenvalue weighted by Crippen LogP contribution is -2.36. The van der Waals surface area contributed by atoms with E-state index in [0.29, 0.717) is 47.7 Å². The Bertz CT molecular complexity index is 987. The number of aromatic nitrogens is 5. The summed E-state index contributed by atoms with van der Waals surface area (Å²) in [6.45, 7) is 1.33. The molecule has 0 spiro atoms. The van der Waals surface area contributed by atoms with E-state index in [0.717, 1.165) is 6.42 Å². The Morgan fingerprint density at radius 3 is 2.78 bits per heavy atom. The van der Waals surface area contributed by atoms with E-state index in [1.54, 1.807) is 39.9 Å². The monoisotopic (exact) mass is 386 g/mol. The molecule has 2 aliphatic rings. The Labute approximate surface area is 160 Å². The number of pyridine rings is 1. The Morgan fingerprint density at radius 1 is 1.19 bits per heavy atom. The third-order valence-electron chi connectivity index (χ3n) is 5.81. The highest BCUT2D eigenvalue weighted by molar-refractivity contribution is 6.30. The van der Waals surface area contributed by atoms with Crippen LogP contribution in [0.25, 0.3) is 5.65 Å². The molecule has 0 aromatic carbocycles. The minimum absolute atomic E-state index is 0.0731. The van der Waals surface area contributed by atoms with Crippen LogP contribution in [0.4, 0.5) is 0 Å². The summed E-state index contributed by atoms with van der Waals surface area (Å²) in [6, 6.07) is 3.47. The number of halogens is 1. The van der Waals surface area contributed by atoms with E-state index in [4.69, 9.17) is 11.6 Å². The number of nitrogens with zero attached hydrogens (tertiary/aromatic N) is 6. The molecule has 5 rings (SSSR count). The Kier molecular flexibility index (Phi) is 3.91. The first kappa shape index (κ1) is 16.7. The molecule has 4 atom stereocenters. The number of hydrogen-bond acceptors (Lipinski definition) is 5. The zero-order valence-corrected chi connectivity index (χ0v) is 15.3. The minimum atomic E-state index is -0.472. The van der Waals surface area contributed by atoms with E-state index in [-0.39, 0.29) is 11.9 Å². The van der Waals surface area contributed by atoms with Crippen molar-refractivity contribution < 1.29 is 9.90 Å². The first-order valence-electron chi connectivity index (χ1n) is 9.04. The van der Waals surface area contributed by atoms with Gasteiger partial charge in [0.2, 0.25) is 0 Å². The SMILES string of the molecule is O=C(c1cn2cc(Cl)ccc2n1)N1C[C@H]2C[C@@H](n3cncn3)[C@H](O)C[C@H]2C1. The summed E-state index contributed by atoms with van der Waals surface area (Å²) >= 11 is 6.01. The number of amides is 1. The van der Waals surface area contributed by atoms with Crippen LogP contribution in [-0.4, -0.2) is 59.3 Å². The fourth-order valence-electron chi connectivity index (χ4n) is 4.48. The standard InChI is InChI=1S/C18H19ClN6O2/c19-13-1-2-17-22-14(8-23(17)7-13)18(27)24-5-11-3-15(25-10-20-9-21-25)16(26)4-12(11)6-24/h1-2,7-12,15-16,26H,3-6H2/t11-,12+,15-,16-/m1/s1. The highest BCUT2D eigenvalue weighted by atomic mass is 35.5. The first-order chi connectivity index (χ1) is 13.1. The largest absolute Gasteiger partial charge is 0.391 e. The van der Waals surface area contributed by atoms with E-state index in [9.17, 15) is 9.90 Å². The van der Waals surface area contributed by atoms with Gasteiger partial charge in [-0.3, -0.25) is 4.79 Å². The number of aliphatic hydroxyl groups is 1. The lowest BCUT2D eigenvalue weighted by atomic mass is 9.77. The van der Waals surface area contributed by atoms with Crippen LogP contribution in [0.3, 0.4) is 0 Å². The number of fused-ring (bicyclic) bond motifs is 2. The fourth-order valence-corrected chi connectivity index (χ4v) is 4.64. The number of rotatable bonds is 2. The molecule has 0 bridgehead atoms. The molecular weight excluding hydrogens is 368 g/mol. The molecule has 0 radical (unpaired) electrons. The van der Waals surface area contributed by atoms with Crippen LogP contribution in [0.5, 0.6) is 0 Å². The molecule has 3 aromatic heterocycles. The maximum Gasteiger partial charge on any atom is 0.274 e. The zero-order valence-electron chi connectivity index (χ0n) is 14.5. The minimum Gasteiger partial charge on any atom is -0.391 e. The molecular formula is C18H19ClN6O2. The van der Waals surface area contributed by atoms with E-state index >= 15 is 0 Å². The van der Waals surface area contributed by atoms with Crippen LogP contribution in [0, 0.1) is 11.8 Å². The van der Waals surface area contributed by atoms with Crippen LogP contribution in [-0.2, 0) is 0 Å². The number of hydrogen-bond donors (Lipinski definition) is 1. The average molecular weight is 387 g/mol. The molecule has 1 aliphatic carbocycles. The molecule has 9 heteroatoms. The summed E-state index contributed by atoms with van der Waals surface area (Å²) in [5.74, 6) is 0.573. The molecule has 4 heterocycles. The van der Waals surface area contributed by atoms with E-state index < -0.39 is 6.10 Å². The number of carbonyl (C=O) groups excluding carboxylic acids is 1. The summed E-state index contributed by atoms with van der Waals surface area (Å²) in [4.78, 5) is 23.2. The van der Waals surface area contributed by atoms with Gasteiger partial charge in [-0.2, -0.15) is 5.10 Å². The van der Waals surface area contributed by atoms with Gasteiger partial charge in [-0.05, 0) is 36.8 Å². The highest BCUT2D eigenvalue weighted by Gasteiger charge is 2.44. The predicted octanol–water partition coefficient (Wildman–Crippen LogP) is 1.66. The van der Waals surface area contributed by atoms with Gasteiger partial charge in [0.1, 0.15) is 24.0 Å². The van der Waals surface area contributed by atoms with Crippen LogP contribution < -0.4 is 0 Å². The molecule has 27 heavy (non-hydrogen) atoms. The summed E-state index contributed by atoms with van der Waals surface area (Å²) in [5, 5.41) is 15.3. The van der Waals surface area contributed by atoms with Crippen molar-refractivity contribution in [3.63, 3.8) is 0 Å². The van der Waals surface area contributed by atoms with Gasteiger partial charge in [-0.25, -0.2) is 14.6 Å². The fraction of sp³-hybridized carbons (Fsp3) is 0.444. The third kappa shape index (κ3) is 2.89. The molecule has 1 saturated heterocycles. The van der Waals surface area contributed by atoms with Gasteiger partial charge >= 0.3 is 0 Å². The molecule has 8 nitrogen and oxygen atoms in total. The van der Waals surface area contributed by atoms with Crippen LogP contribution in [0.15, 0.2) is 37.2 Å². The van der Waals surface area contributed by atoms with Crippen molar-refractivity contribution in [1.29, 1.82) is 0 Å². The van der Waals surface area contributed by atoms with Crippen molar-refractivity contribution in [3.8, 4) is 0 Å². The Hall–Kier alpha value is -2.45. The normalized spacial score (nSPS) is 27.9. The van der Waals surface area contributed by atoms with Gasteiger partial charge in [0.25, 0.3) is 5.91 Å². The van der Waals surface area contributed by atoms with Crippen molar-refractivity contribution in [3.05, 3.63) is 47.9 Å². The average Bonchev–Trinajstić information content (AvgIpc) is 3.38. The van der Waals surface area contributed by atoms with Gasteiger partial charge in [0, 0.05) is 25.5 Å². The van der Waals surface area contributed by atoms with Crippen LogP contribution >= 0.6 is 11.6 Å². The van der Waals surface area contributed by atoms with Gasteiger partial charge in [0.15, 0.2) is 0 Å². The summed E-state index contributed by atoms with van der Waals surface area (Å²) in [6.07, 6.45) is 7.58. The first-order valence-corrected chi connectivity index (χ1v) is 9.42. The molecule has 140 valence electrons. The second kappa shape index (κ2) is 6.31. The summed E-state index contributed by atoms with van der Waals surface area (Å²) in [7, 11) is 0. The lowest BCUT2D eigenvalue weighted by molar-refractivity contribution is 0.0304. The maximum atomic E-state index is 13.0.